The number of nitrogens with one attached hydrogen (secondary N) is 1. The van der Waals surface area contributed by atoms with E-state index in [1.54, 1.807) is 23.0 Å². The molecule has 24 heavy (non-hydrogen) atoms. The third-order valence-electron chi connectivity index (χ3n) is 4.58. The summed E-state index contributed by atoms with van der Waals surface area (Å²) < 4.78 is 2.00. The zero-order valence-electron chi connectivity index (χ0n) is 13.4. The molecule has 1 aliphatic carbocycles. The fraction of sp³-hybridized carbons (Fsp3) is 0.389. The average molecular weight is 340 g/mol. The largest absolute Gasteiger partial charge is 0.352 e. The second-order valence-electron chi connectivity index (χ2n) is 6.28. The van der Waals surface area contributed by atoms with E-state index in [9.17, 15) is 4.79 Å². The van der Waals surface area contributed by atoms with Crippen molar-refractivity contribution < 1.29 is 4.79 Å². The van der Waals surface area contributed by atoms with Crippen LogP contribution in [0.1, 0.15) is 32.1 Å². The number of amides is 1. The predicted octanol–water partition coefficient (Wildman–Crippen LogP) is 3.61. The molecule has 3 aromatic rings. The number of para-hydroxylation sites is 2. The minimum atomic E-state index is 0.0656. The van der Waals surface area contributed by atoms with Gasteiger partial charge in [0, 0.05) is 12.2 Å². The maximum absolute atomic E-state index is 12.6. The van der Waals surface area contributed by atoms with Gasteiger partial charge in [-0.3, -0.25) is 9.78 Å². The Morgan fingerprint density at radius 2 is 2.08 bits per heavy atom. The standard InChI is InChI=1S/C18H20N4OS/c23-17(20-13-6-2-1-3-7-13)11-22-15-9-5-4-8-14(15)21-18(22)16-10-19-12-24-16/h4-5,8-10,12-13H,1-3,6-7,11H2,(H,20,23). The van der Waals surface area contributed by atoms with E-state index in [1.165, 1.54) is 19.3 Å². The van der Waals surface area contributed by atoms with Gasteiger partial charge in [0.2, 0.25) is 5.91 Å². The molecule has 0 spiro atoms. The van der Waals surface area contributed by atoms with Crippen molar-refractivity contribution in [2.24, 2.45) is 0 Å². The predicted molar refractivity (Wildman–Crippen MR) is 95.9 cm³/mol. The van der Waals surface area contributed by atoms with E-state index in [0.29, 0.717) is 12.6 Å². The Morgan fingerprint density at radius 1 is 1.25 bits per heavy atom. The van der Waals surface area contributed by atoms with Crippen LogP contribution in [0, 0.1) is 0 Å². The van der Waals surface area contributed by atoms with Crippen LogP contribution in [-0.4, -0.2) is 26.5 Å². The van der Waals surface area contributed by atoms with Gasteiger partial charge in [-0.2, -0.15) is 0 Å². The third-order valence-corrected chi connectivity index (χ3v) is 5.35. The Morgan fingerprint density at radius 3 is 2.88 bits per heavy atom. The zero-order valence-corrected chi connectivity index (χ0v) is 14.3. The second-order valence-corrected chi connectivity index (χ2v) is 7.16. The van der Waals surface area contributed by atoms with Gasteiger partial charge in [0.1, 0.15) is 6.54 Å². The molecule has 1 amide bonds. The molecule has 2 heterocycles. The van der Waals surface area contributed by atoms with Crippen LogP contribution in [-0.2, 0) is 11.3 Å². The van der Waals surface area contributed by atoms with E-state index >= 15 is 0 Å². The molecule has 4 rings (SSSR count). The Hall–Kier alpha value is -2.21. The van der Waals surface area contributed by atoms with Crippen LogP contribution in [0.3, 0.4) is 0 Å². The first kappa shape index (κ1) is 15.3. The summed E-state index contributed by atoms with van der Waals surface area (Å²) in [6, 6.07) is 8.28. The van der Waals surface area contributed by atoms with E-state index in [1.807, 2.05) is 28.8 Å². The number of hydrogen-bond acceptors (Lipinski definition) is 4. The molecule has 0 bridgehead atoms. The fourth-order valence-corrected chi connectivity index (χ4v) is 4.03. The molecule has 124 valence electrons. The lowest BCUT2D eigenvalue weighted by atomic mass is 9.95. The summed E-state index contributed by atoms with van der Waals surface area (Å²) in [5.41, 5.74) is 3.69. The normalized spacial score (nSPS) is 15.7. The SMILES string of the molecule is O=C(Cn1c(-c2cncs2)nc2ccccc21)NC1CCCCC1. The topological polar surface area (TPSA) is 59.8 Å². The molecule has 1 saturated carbocycles. The molecule has 1 aliphatic rings. The van der Waals surface area contributed by atoms with Crippen molar-refractivity contribution in [1.82, 2.24) is 19.9 Å². The molecule has 1 aromatic carbocycles. The van der Waals surface area contributed by atoms with Gasteiger partial charge >= 0.3 is 0 Å². The van der Waals surface area contributed by atoms with Gasteiger partial charge in [0.05, 0.1) is 21.4 Å². The van der Waals surface area contributed by atoms with Crippen LogP contribution in [0.15, 0.2) is 36.0 Å². The van der Waals surface area contributed by atoms with E-state index < -0.39 is 0 Å². The van der Waals surface area contributed by atoms with Crippen molar-refractivity contribution in [2.75, 3.05) is 0 Å². The molecule has 0 aliphatic heterocycles. The summed E-state index contributed by atoms with van der Waals surface area (Å²) in [7, 11) is 0. The first-order valence-corrected chi connectivity index (χ1v) is 9.33. The zero-order chi connectivity index (χ0) is 16.4. The summed E-state index contributed by atoms with van der Waals surface area (Å²) >= 11 is 1.54. The molecule has 2 aromatic heterocycles. The Kier molecular flexibility index (Phi) is 4.30. The molecular weight excluding hydrogens is 320 g/mol. The molecule has 1 N–H and O–H groups in total. The van der Waals surface area contributed by atoms with Crippen molar-refractivity contribution in [3.8, 4) is 10.7 Å². The lowest BCUT2D eigenvalue weighted by Crippen LogP contribution is -2.38. The van der Waals surface area contributed by atoms with E-state index in [4.69, 9.17) is 4.98 Å². The highest BCUT2D eigenvalue weighted by atomic mass is 32.1. The van der Waals surface area contributed by atoms with Gasteiger partial charge in [-0.25, -0.2) is 4.98 Å². The van der Waals surface area contributed by atoms with Gasteiger partial charge < -0.3 is 9.88 Å². The number of thiazole rings is 1. The lowest BCUT2D eigenvalue weighted by molar-refractivity contribution is -0.122. The molecular formula is C18H20N4OS. The maximum atomic E-state index is 12.6. The van der Waals surface area contributed by atoms with Crippen molar-refractivity contribution in [3.63, 3.8) is 0 Å². The number of carbonyl (C=O) groups excluding carboxylic acids is 1. The minimum Gasteiger partial charge on any atom is -0.352 e. The van der Waals surface area contributed by atoms with Gasteiger partial charge in [0.15, 0.2) is 5.82 Å². The fourth-order valence-electron chi connectivity index (χ4n) is 3.41. The van der Waals surface area contributed by atoms with Crippen molar-refractivity contribution in [1.29, 1.82) is 0 Å². The van der Waals surface area contributed by atoms with Crippen LogP contribution < -0.4 is 5.32 Å². The maximum Gasteiger partial charge on any atom is 0.240 e. The first-order chi connectivity index (χ1) is 11.8. The monoisotopic (exact) mass is 340 g/mol. The summed E-state index contributed by atoms with van der Waals surface area (Å²) in [5.74, 6) is 0.883. The number of aromatic nitrogens is 3. The molecule has 0 atom stereocenters. The summed E-state index contributed by atoms with van der Waals surface area (Å²) in [6.07, 6.45) is 7.71. The van der Waals surface area contributed by atoms with Gasteiger partial charge in [-0.1, -0.05) is 31.4 Å². The van der Waals surface area contributed by atoms with E-state index in [0.717, 1.165) is 34.6 Å². The van der Waals surface area contributed by atoms with Crippen LogP contribution >= 0.6 is 11.3 Å². The number of carbonyl (C=O) groups is 1. The number of benzene rings is 1. The highest BCUT2D eigenvalue weighted by molar-refractivity contribution is 7.13. The Labute approximate surface area is 144 Å². The highest BCUT2D eigenvalue weighted by Gasteiger charge is 2.19. The van der Waals surface area contributed by atoms with Crippen molar-refractivity contribution >= 4 is 28.3 Å². The lowest BCUT2D eigenvalue weighted by Gasteiger charge is -2.23. The number of hydrogen-bond donors (Lipinski definition) is 1. The van der Waals surface area contributed by atoms with Crippen molar-refractivity contribution in [2.45, 2.75) is 44.7 Å². The third kappa shape index (κ3) is 3.06. The summed E-state index contributed by atoms with van der Waals surface area (Å²) in [5, 5.41) is 3.19. The van der Waals surface area contributed by atoms with E-state index in [2.05, 4.69) is 10.3 Å². The van der Waals surface area contributed by atoms with Crippen LogP contribution in [0.4, 0.5) is 0 Å². The number of rotatable bonds is 4. The molecule has 1 fully saturated rings. The summed E-state index contributed by atoms with van der Waals surface area (Å²) in [4.78, 5) is 22.4. The molecule has 6 heteroatoms. The average Bonchev–Trinajstić information content (AvgIpc) is 3.24. The number of nitrogens with zero attached hydrogens (tertiary/aromatic N) is 3. The molecule has 0 saturated heterocycles. The molecule has 0 unspecified atom stereocenters. The Bertz CT molecular complexity index is 834. The molecule has 5 nitrogen and oxygen atoms in total. The Balaban J connectivity index is 1.62. The quantitative estimate of drug-likeness (QED) is 0.789. The van der Waals surface area contributed by atoms with Crippen LogP contribution in [0.5, 0.6) is 0 Å². The number of fused-ring (bicyclic) bond motifs is 1. The van der Waals surface area contributed by atoms with Crippen LogP contribution in [0.25, 0.3) is 21.7 Å². The van der Waals surface area contributed by atoms with Crippen molar-refractivity contribution in [3.05, 3.63) is 36.0 Å². The second kappa shape index (κ2) is 6.73. The van der Waals surface area contributed by atoms with Gasteiger partial charge in [-0.15, -0.1) is 11.3 Å². The van der Waals surface area contributed by atoms with E-state index in [-0.39, 0.29) is 5.91 Å². The highest BCUT2D eigenvalue weighted by Crippen LogP contribution is 2.27. The first-order valence-electron chi connectivity index (χ1n) is 8.45. The number of imidazole rings is 1. The van der Waals surface area contributed by atoms with Gasteiger partial charge in [0.25, 0.3) is 0 Å². The smallest absolute Gasteiger partial charge is 0.240 e. The summed E-state index contributed by atoms with van der Waals surface area (Å²) in [6.45, 7) is 0.296. The minimum absolute atomic E-state index is 0.0656. The molecule has 0 radical (unpaired) electrons. The van der Waals surface area contributed by atoms with Gasteiger partial charge in [-0.05, 0) is 25.0 Å². The van der Waals surface area contributed by atoms with Crippen LogP contribution in [0.2, 0.25) is 0 Å².